The van der Waals surface area contributed by atoms with Crippen LogP contribution in [0.1, 0.15) is 91.2 Å². The normalized spacial score (nSPS) is 12.7. The summed E-state index contributed by atoms with van der Waals surface area (Å²) >= 11 is 2.69. The zero-order valence-electron chi connectivity index (χ0n) is 30.0. The van der Waals surface area contributed by atoms with Gasteiger partial charge in [0.1, 0.15) is 4.21 Å². The highest BCUT2D eigenvalue weighted by atomic mass is 32.3. The fraction of sp³-hybridized carbons (Fsp3) is 0.300. The fourth-order valence-electron chi connectivity index (χ4n) is 7.27. The summed E-state index contributed by atoms with van der Waals surface area (Å²) in [6.45, 7) is 6.13. The maximum absolute atomic E-state index is 13.4. The van der Waals surface area contributed by atoms with E-state index < -0.39 is 10.1 Å². The first-order chi connectivity index (χ1) is 26.0. The van der Waals surface area contributed by atoms with Crippen LogP contribution in [-0.4, -0.2) is 57.4 Å². The Balaban J connectivity index is 0.843. The molecule has 14 heteroatoms. The lowest BCUT2D eigenvalue weighted by atomic mass is 10.1. The van der Waals surface area contributed by atoms with Crippen LogP contribution in [0.15, 0.2) is 70.3 Å². The predicted molar refractivity (Wildman–Crippen MR) is 210 cm³/mol. The van der Waals surface area contributed by atoms with Crippen molar-refractivity contribution < 1.29 is 22.6 Å². The Morgan fingerprint density at radius 3 is 1.74 bits per heavy atom. The molecular weight excluding hydrogens is 741 g/mol. The Morgan fingerprint density at radius 2 is 1.22 bits per heavy atom. The highest BCUT2D eigenvalue weighted by Crippen LogP contribution is 2.45. The molecule has 0 atom stereocenters. The van der Waals surface area contributed by atoms with Gasteiger partial charge in [-0.1, -0.05) is 72.5 Å². The second kappa shape index (κ2) is 14.7. The Hall–Kier alpha value is -4.89. The molecule has 6 aromatic rings. The van der Waals surface area contributed by atoms with Crippen LogP contribution in [0.2, 0.25) is 0 Å². The monoisotopic (exact) mass is 780 g/mol. The van der Waals surface area contributed by atoms with E-state index in [0.29, 0.717) is 48.9 Å². The molecule has 0 aliphatic heterocycles. The van der Waals surface area contributed by atoms with Crippen LogP contribution in [-0.2, 0) is 36.0 Å². The zero-order valence-corrected chi connectivity index (χ0v) is 32.5. The Morgan fingerprint density at radius 1 is 0.722 bits per heavy atom. The summed E-state index contributed by atoms with van der Waals surface area (Å²) in [6.07, 6.45) is 4.44. The predicted octanol–water partition coefficient (Wildman–Crippen LogP) is 7.03. The summed E-state index contributed by atoms with van der Waals surface area (Å²) in [5, 5.41) is 17.7. The molecule has 4 heterocycles. The van der Waals surface area contributed by atoms with Crippen molar-refractivity contribution in [3.05, 3.63) is 122 Å². The molecule has 4 aromatic heterocycles. The van der Waals surface area contributed by atoms with Crippen molar-refractivity contribution in [3.63, 3.8) is 0 Å². The number of thiophene rings is 2. The Bertz CT molecular complexity index is 2490. The van der Waals surface area contributed by atoms with Gasteiger partial charge in [-0.05, 0) is 66.5 Å². The minimum absolute atomic E-state index is 0.114. The number of rotatable bonds is 14. The SMILES string of the molecule is Cc1ccc(Cn2nc(C(=O)NCCCCCCNC(=O)c3nn(Cc4ccc(C)cc4)c4c3Cc3cc(S(=O)(=O)O)sc3-4)c3c2-c2sccc2C3)cc1. The molecule has 2 aliphatic rings. The number of amides is 2. The maximum Gasteiger partial charge on any atom is 0.304 e. The van der Waals surface area contributed by atoms with Crippen molar-refractivity contribution in [2.45, 2.75) is 69.7 Å². The third-order valence-corrected chi connectivity index (χ3v) is 13.5. The summed E-state index contributed by atoms with van der Waals surface area (Å²) in [7, 11) is -4.34. The van der Waals surface area contributed by atoms with Gasteiger partial charge in [0.15, 0.2) is 11.4 Å². The second-order valence-corrected chi connectivity index (χ2v) is 17.7. The van der Waals surface area contributed by atoms with Crippen LogP contribution in [0, 0.1) is 13.8 Å². The summed E-state index contributed by atoms with van der Waals surface area (Å²) in [4.78, 5) is 28.7. The molecule has 8 rings (SSSR count). The molecule has 0 saturated heterocycles. The minimum Gasteiger partial charge on any atom is -0.351 e. The van der Waals surface area contributed by atoms with Gasteiger partial charge in [0.2, 0.25) is 0 Å². The first-order valence-electron chi connectivity index (χ1n) is 18.1. The Labute approximate surface area is 321 Å². The van der Waals surface area contributed by atoms with E-state index in [9.17, 15) is 22.6 Å². The first kappa shape index (κ1) is 36.1. The number of fused-ring (bicyclic) bond motifs is 6. The molecule has 2 aliphatic carbocycles. The topological polar surface area (TPSA) is 148 Å². The van der Waals surface area contributed by atoms with Crippen LogP contribution < -0.4 is 10.6 Å². The number of nitrogens with one attached hydrogen (secondary N) is 2. The molecule has 2 amide bonds. The van der Waals surface area contributed by atoms with Crippen LogP contribution in [0.25, 0.3) is 21.1 Å². The quantitative estimate of drug-likeness (QED) is 0.0794. The van der Waals surface area contributed by atoms with E-state index in [2.05, 4.69) is 53.3 Å². The van der Waals surface area contributed by atoms with E-state index in [-0.39, 0.29) is 16.0 Å². The first-order valence-corrected chi connectivity index (χ1v) is 21.2. The van der Waals surface area contributed by atoms with Crippen LogP contribution in [0.5, 0.6) is 0 Å². The number of nitrogens with zero attached hydrogens (tertiary/aromatic N) is 4. The van der Waals surface area contributed by atoms with Gasteiger partial charge in [0.05, 0.1) is 34.2 Å². The van der Waals surface area contributed by atoms with Gasteiger partial charge in [-0.2, -0.15) is 18.6 Å². The number of benzene rings is 2. The summed E-state index contributed by atoms with van der Waals surface area (Å²) in [5.74, 6) is -0.413. The van der Waals surface area contributed by atoms with Crippen molar-refractivity contribution in [1.82, 2.24) is 30.2 Å². The van der Waals surface area contributed by atoms with Crippen molar-refractivity contribution in [2.75, 3.05) is 13.1 Å². The van der Waals surface area contributed by atoms with Crippen LogP contribution in [0.4, 0.5) is 0 Å². The second-order valence-electron chi connectivity index (χ2n) is 14.1. The van der Waals surface area contributed by atoms with Gasteiger partial charge in [0, 0.05) is 37.1 Å². The molecule has 2 aromatic carbocycles. The van der Waals surface area contributed by atoms with Crippen molar-refractivity contribution >= 4 is 44.6 Å². The number of hydrogen-bond acceptors (Lipinski definition) is 8. The van der Waals surface area contributed by atoms with E-state index >= 15 is 0 Å². The molecule has 0 bridgehead atoms. The summed E-state index contributed by atoms with van der Waals surface area (Å²) in [6, 6.07) is 20.1. The minimum atomic E-state index is -4.34. The average molecular weight is 781 g/mol. The lowest BCUT2D eigenvalue weighted by molar-refractivity contribution is 0.0936. The number of aryl methyl sites for hydroxylation is 2. The van der Waals surface area contributed by atoms with E-state index in [1.54, 1.807) is 16.0 Å². The zero-order chi connectivity index (χ0) is 37.6. The highest BCUT2D eigenvalue weighted by molar-refractivity contribution is 7.88. The maximum atomic E-state index is 13.4. The molecule has 0 spiro atoms. The summed E-state index contributed by atoms with van der Waals surface area (Å²) < 4.78 is 37.0. The lowest BCUT2D eigenvalue weighted by Crippen LogP contribution is -2.26. The van der Waals surface area contributed by atoms with Gasteiger partial charge in [-0.3, -0.25) is 23.5 Å². The van der Waals surface area contributed by atoms with E-state index in [0.717, 1.165) is 88.2 Å². The van der Waals surface area contributed by atoms with Crippen LogP contribution in [0.3, 0.4) is 0 Å². The molecule has 0 fully saturated rings. The van der Waals surface area contributed by atoms with Gasteiger partial charge in [-0.25, -0.2) is 0 Å². The summed E-state index contributed by atoms with van der Waals surface area (Å²) in [5.41, 5.74) is 10.9. The molecular formula is C40H40N6O5S3. The van der Waals surface area contributed by atoms with Crippen molar-refractivity contribution in [2.24, 2.45) is 0 Å². The van der Waals surface area contributed by atoms with Crippen LogP contribution >= 0.6 is 22.7 Å². The third kappa shape index (κ3) is 7.18. The lowest BCUT2D eigenvalue weighted by Gasteiger charge is -2.07. The molecule has 0 radical (unpaired) electrons. The molecule has 54 heavy (non-hydrogen) atoms. The highest BCUT2D eigenvalue weighted by Gasteiger charge is 2.34. The van der Waals surface area contributed by atoms with Gasteiger partial charge in [-0.15, -0.1) is 22.7 Å². The number of carbonyl (C=O) groups excluding carboxylic acids is 2. The molecule has 11 nitrogen and oxygen atoms in total. The molecule has 0 saturated carbocycles. The van der Waals surface area contributed by atoms with Gasteiger partial charge < -0.3 is 10.6 Å². The average Bonchev–Trinajstić information content (AvgIpc) is 3.97. The Kier molecular flexibility index (Phi) is 9.86. The standard InChI is InChI=1S/C40H40N6O5S3/c1-24-7-11-26(12-8-24)22-45-35-30(19-28-15-18-52-37(28)35)33(43-45)39(47)41-16-5-3-4-6-17-42-40(48)34-31-20-29-21-32(54(49,50)51)53-38(29)36(31)46(44-34)23-27-13-9-25(2)10-14-27/h7-15,18,21H,3-6,16-17,19-20,22-23H2,1-2H3,(H,41,47)(H,42,48)(H,49,50,51). The molecule has 3 N–H and O–H groups in total. The van der Waals surface area contributed by atoms with E-state index in [4.69, 9.17) is 10.2 Å². The van der Waals surface area contributed by atoms with Crippen molar-refractivity contribution in [3.8, 4) is 21.1 Å². The fourth-order valence-corrected chi connectivity index (χ4v) is 10.2. The number of aromatic nitrogens is 4. The number of carbonyl (C=O) groups is 2. The largest absolute Gasteiger partial charge is 0.351 e. The van der Waals surface area contributed by atoms with E-state index in [1.807, 2.05) is 35.9 Å². The number of unbranched alkanes of at least 4 members (excludes halogenated alkanes) is 3. The van der Waals surface area contributed by atoms with E-state index in [1.165, 1.54) is 22.1 Å². The number of hydrogen-bond donors (Lipinski definition) is 3. The smallest absolute Gasteiger partial charge is 0.304 e. The van der Waals surface area contributed by atoms with Crippen molar-refractivity contribution in [1.29, 1.82) is 0 Å². The van der Waals surface area contributed by atoms with Gasteiger partial charge in [0.25, 0.3) is 11.8 Å². The van der Waals surface area contributed by atoms with Gasteiger partial charge >= 0.3 is 10.1 Å². The third-order valence-electron chi connectivity index (χ3n) is 10.1. The molecule has 0 unspecified atom stereocenters. The molecule has 278 valence electrons.